The molecule has 0 fully saturated rings. The van der Waals surface area contributed by atoms with Gasteiger partial charge in [0.2, 0.25) is 0 Å². The van der Waals surface area contributed by atoms with Crippen LogP contribution < -0.4 is 14.8 Å². The molecule has 4 nitrogen and oxygen atoms in total. The van der Waals surface area contributed by atoms with Crippen molar-refractivity contribution in [1.29, 1.82) is 0 Å². The first-order valence-corrected chi connectivity index (χ1v) is 9.13. The van der Waals surface area contributed by atoms with Gasteiger partial charge in [0.1, 0.15) is 17.1 Å². The lowest BCUT2D eigenvalue weighted by Crippen LogP contribution is -2.44. The molecule has 1 aliphatic heterocycles. The highest BCUT2D eigenvalue weighted by molar-refractivity contribution is 6.30. The molecule has 0 saturated heterocycles. The third kappa shape index (κ3) is 4.31. The number of benzene rings is 2. The topological polar surface area (TPSA) is 47.6 Å². The molecule has 138 valence electrons. The van der Waals surface area contributed by atoms with Gasteiger partial charge in [-0.05, 0) is 63.6 Å². The van der Waals surface area contributed by atoms with Crippen LogP contribution in [-0.4, -0.2) is 17.6 Å². The Bertz CT molecular complexity index is 801. The van der Waals surface area contributed by atoms with Crippen LogP contribution >= 0.6 is 11.6 Å². The van der Waals surface area contributed by atoms with Crippen LogP contribution in [0, 0.1) is 6.92 Å². The van der Waals surface area contributed by atoms with Gasteiger partial charge in [-0.25, -0.2) is 0 Å². The van der Waals surface area contributed by atoms with Crippen molar-refractivity contribution in [3.05, 3.63) is 58.6 Å². The van der Waals surface area contributed by atoms with Gasteiger partial charge in [-0.15, -0.1) is 0 Å². The number of ether oxygens (including phenoxy) is 2. The first kappa shape index (κ1) is 18.6. The van der Waals surface area contributed by atoms with E-state index in [-0.39, 0.29) is 17.6 Å². The summed E-state index contributed by atoms with van der Waals surface area (Å²) in [5.41, 5.74) is 1.78. The van der Waals surface area contributed by atoms with Crippen LogP contribution in [0.5, 0.6) is 11.5 Å². The van der Waals surface area contributed by atoms with Crippen molar-refractivity contribution in [1.82, 2.24) is 5.32 Å². The Hall–Kier alpha value is -2.20. The van der Waals surface area contributed by atoms with Gasteiger partial charge in [-0.1, -0.05) is 23.7 Å². The molecule has 2 aromatic rings. The van der Waals surface area contributed by atoms with Crippen molar-refractivity contribution in [3.8, 4) is 11.5 Å². The number of hydrogen-bond donors (Lipinski definition) is 1. The zero-order valence-electron chi connectivity index (χ0n) is 15.5. The van der Waals surface area contributed by atoms with Crippen LogP contribution in [0.4, 0.5) is 0 Å². The number of carbonyl (C=O) groups excluding carboxylic acids is 1. The number of amides is 1. The van der Waals surface area contributed by atoms with Gasteiger partial charge in [0.25, 0.3) is 5.91 Å². The monoisotopic (exact) mass is 373 g/mol. The molecule has 0 spiro atoms. The predicted molar refractivity (Wildman–Crippen MR) is 103 cm³/mol. The van der Waals surface area contributed by atoms with E-state index in [1.165, 1.54) is 0 Å². The predicted octanol–water partition coefficient (Wildman–Crippen LogP) is 4.83. The summed E-state index contributed by atoms with van der Waals surface area (Å²) >= 11 is 5.88. The zero-order chi connectivity index (χ0) is 18.9. The average Bonchev–Trinajstić information content (AvgIpc) is 2.55. The van der Waals surface area contributed by atoms with Crippen LogP contribution in [0.25, 0.3) is 0 Å². The summed E-state index contributed by atoms with van der Waals surface area (Å²) < 4.78 is 11.8. The molecule has 3 rings (SSSR count). The van der Waals surface area contributed by atoms with Gasteiger partial charge >= 0.3 is 0 Å². The quantitative estimate of drug-likeness (QED) is 0.834. The van der Waals surface area contributed by atoms with E-state index in [9.17, 15) is 4.79 Å². The smallest absolute Gasteiger partial charge is 0.261 e. The van der Waals surface area contributed by atoms with Crippen LogP contribution in [0.1, 0.15) is 44.4 Å². The Kier molecular flexibility index (Phi) is 5.15. The van der Waals surface area contributed by atoms with E-state index in [2.05, 4.69) is 5.32 Å². The van der Waals surface area contributed by atoms with Crippen LogP contribution in [0.15, 0.2) is 42.5 Å². The van der Waals surface area contributed by atoms with Crippen molar-refractivity contribution >= 4 is 17.5 Å². The molecule has 0 radical (unpaired) electrons. The Morgan fingerprint density at radius 3 is 2.65 bits per heavy atom. The second-order valence-corrected chi connectivity index (χ2v) is 7.82. The summed E-state index contributed by atoms with van der Waals surface area (Å²) in [6.45, 7) is 7.83. The maximum absolute atomic E-state index is 12.7. The Morgan fingerprint density at radius 2 is 1.96 bits per heavy atom. The number of halogens is 1. The fourth-order valence-corrected chi connectivity index (χ4v) is 3.27. The maximum Gasteiger partial charge on any atom is 0.261 e. The number of aryl methyl sites for hydroxylation is 1. The van der Waals surface area contributed by atoms with Gasteiger partial charge in [0, 0.05) is 17.0 Å². The molecule has 5 heteroatoms. The first-order valence-electron chi connectivity index (χ1n) is 8.76. The molecule has 1 heterocycles. The standard InChI is InChI=1S/C21H24ClNO3/c1-13-5-10-17-18(12-21(3,4)26-19(17)11-13)23-20(24)14(2)25-16-8-6-15(22)7-9-16/h5-11,14,18H,12H2,1-4H3,(H,23,24)/t14-,18-/m0/s1. The molecule has 1 aliphatic rings. The highest BCUT2D eigenvalue weighted by Crippen LogP contribution is 2.39. The summed E-state index contributed by atoms with van der Waals surface area (Å²) in [5, 5.41) is 3.74. The number of fused-ring (bicyclic) bond motifs is 1. The normalized spacial score (nSPS) is 19.0. The Labute approximate surface area is 159 Å². The van der Waals surface area contributed by atoms with Gasteiger partial charge in [0.15, 0.2) is 6.10 Å². The first-order chi connectivity index (χ1) is 12.2. The van der Waals surface area contributed by atoms with Gasteiger partial charge in [-0.3, -0.25) is 4.79 Å². The molecule has 0 aliphatic carbocycles. The van der Waals surface area contributed by atoms with E-state index in [0.29, 0.717) is 17.2 Å². The van der Waals surface area contributed by atoms with E-state index < -0.39 is 6.10 Å². The summed E-state index contributed by atoms with van der Waals surface area (Å²) in [7, 11) is 0. The molecular formula is C21H24ClNO3. The minimum Gasteiger partial charge on any atom is -0.487 e. The van der Waals surface area contributed by atoms with Gasteiger partial charge < -0.3 is 14.8 Å². The van der Waals surface area contributed by atoms with E-state index in [0.717, 1.165) is 16.9 Å². The summed E-state index contributed by atoms with van der Waals surface area (Å²) in [6, 6.07) is 12.9. The second-order valence-electron chi connectivity index (χ2n) is 7.38. The summed E-state index contributed by atoms with van der Waals surface area (Å²) in [5.74, 6) is 1.28. The van der Waals surface area contributed by atoms with Crippen molar-refractivity contribution in [2.24, 2.45) is 0 Å². The van der Waals surface area contributed by atoms with Crippen molar-refractivity contribution in [2.75, 3.05) is 0 Å². The van der Waals surface area contributed by atoms with E-state index in [1.807, 2.05) is 39.0 Å². The minimum absolute atomic E-state index is 0.113. The Morgan fingerprint density at radius 1 is 1.27 bits per heavy atom. The van der Waals surface area contributed by atoms with E-state index in [4.69, 9.17) is 21.1 Å². The minimum atomic E-state index is -0.615. The zero-order valence-corrected chi connectivity index (χ0v) is 16.3. The van der Waals surface area contributed by atoms with Crippen molar-refractivity contribution in [2.45, 2.75) is 51.9 Å². The molecule has 0 unspecified atom stereocenters. The van der Waals surface area contributed by atoms with Gasteiger partial charge in [0.05, 0.1) is 6.04 Å². The Balaban J connectivity index is 1.73. The van der Waals surface area contributed by atoms with Crippen LogP contribution in [0.2, 0.25) is 5.02 Å². The van der Waals surface area contributed by atoms with Crippen molar-refractivity contribution in [3.63, 3.8) is 0 Å². The number of rotatable bonds is 4. The maximum atomic E-state index is 12.7. The lowest BCUT2D eigenvalue weighted by atomic mass is 9.89. The third-order valence-corrected chi connectivity index (χ3v) is 4.69. The highest BCUT2D eigenvalue weighted by atomic mass is 35.5. The average molecular weight is 374 g/mol. The molecule has 1 amide bonds. The summed E-state index contributed by atoms with van der Waals surface area (Å²) in [6.07, 6.45) is 0.0821. The molecular weight excluding hydrogens is 350 g/mol. The fourth-order valence-electron chi connectivity index (χ4n) is 3.15. The molecule has 2 atom stereocenters. The van der Waals surface area contributed by atoms with E-state index >= 15 is 0 Å². The molecule has 1 N–H and O–H groups in total. The molecule has 0 aromatic heterocycles. The highest BCUT2D eigenvalue weighted by Gasteiger charge is 2.35. The van der Waals surface area contributed by atoms with Crippen LogP contribution in [-0.2, 0) is 4.79 Å². The molecule has 26 heavy (non-hydrogen) atoms. The largest absolute Gasteiger partial charge is 0.487 e. The number of hydrogen-bond acceptors (Lipinski definition) is 3. The third-order valence-electron chi connectivity index (χ3n) is 4.44. The molecule has 2 aromatic carbocycles. The second kappa shape index (κ2) is 7.20. The van der Waals surface area contributed by atoms with Crippen molar-refractivity contribution < 1.29 is 14.3 Å². The van der Waals surface area contributed by atoms with Crippen LogP contribution in [0.3, 0.4) is 0 Å². The number of nitrogens with one attached hydrogen (secondary N) is 1. The molecule has 0 saturated carbocycles. The SMILES string of the molecule is Cc1ccc2c(c1)OC(C)(C)C[C@@H]2NC(=O)[C@H](C)Oc1ccc(Cl)cc1. The summed E-state index contributed by atoms with van der Waals surface area (Å²) in [4.78, 5) is 12.7. The van der Waals surface area contributed by atoms with E-state index in [1.54, 1.807) is 31.2 Å². The number of carbonyl (C=O) groups is 1. The lowest BCUT2D eigenvalue weighted by molar-refractivity contribution is -0.128. The fraction of sp³-hybridized carbons (Fsp3) is 0.381. The molecule has 0 bridgehead atoms. The lowest BCUT2D eigenvalue weighted by Gasteiger charge is -2.38. The van der Waals surface area contributed by atoms with Gasteiger partial charge in [-0.2, -0.15) is 0 Å².